The Bertz CT molecular complexity index is 691. The molecule has 3 rings (SSSR count). The number of nitrogens with zero attached hydrogens (tertiary/aromatic N) is 1. The Labute approximate surface area is 159 Å². The molecule has 2 amide bonds. The highest BCUT2D eigenvalue weighted by Crippen LogP contribution is 2.45. The monoisotopic (exact) mass is 378 g/mol. The quantitative estimate of drug-likeness (QED) is 0.872. The van der Waals surface area contributed by atoms with E-state index in [1.165, 1.54) is 4.90 Å². The summed E-state index contributed by atoms with van der Waals surface area (Å²) < 4.78 is 26.2. The van der Waals surface area contributed by atoms with E-state index >= 15 is 4.39 Å². The number of ether oxygens (including phenoxy) is 2. The largest absolute Gasteiger partial charge is 0.445 e. The van der Waals surface area contributed by atoms with Crippen LogP contribution >= 0.6 is 0 Å². The first-order valence-electron chi connectivity index (χ1n) is 9.31. The van der Waals surface area contributed by atoms with Crippen molar-refractivity contribution in [2.24, 2.45) is 5.92 Å². The molecule has 2 unspecified atom stereocenters. The van der Waals surface area contributed by atoms with E-state index in [0.29, 0.717) is 19.4 Å². The van der Waals surface area contributed by atoms with Gasteiger partial charge in [0, 0.05) is 12.5 Å². The molecular formula is C20H27FN2O4. The number of halogens is 1. The number of nitrogens with one attached hydrogen (secondary N) is 1. The summed E-state index contributed by atoms with van der Waals surface area (Å²) in [6.45, 7) is 5.70. The Hall–Kier alpha value is -2.31. The molecule has 7 heteroatoms. The number of carbonyl (C=O) groups is 2. The van der Waals surface area contributed by atoms with Gasteiger partial charge in [-0.25, -0.2) is 14.0 Å². The molecule has 1 aliphatic heterocycles. The van der Waals surface area contributed by atoms with Crippen LogP contribution < -0.4 is 5.32 Å². The summed E-state index contributed by atoms with van der Waals surface area (Å²) in [4.78, 5) is 25.8. The van der Waals surface area contributed by atoms with E-state index in [2.05, 4.69) is 5.32 Å². The van der Waals surface area contributed by atoms with Gasteiger partial charge in [-0.3, -0.25) is 0 Å². The molecule has 148 valence electrons. The summed E-state index contributed by atoms with van der Waals surface area (Å²) in [6, 6.07) is 8.64. The molecule has 0 aromatic heterocycles. The van der Waals surface area contributed by atoms with Crippen LogP contribution in [0.2, 0.25) is 0 Å². The van der Waals surface area contributed by atoms with Gasteiger partial charge < -0.3 is 19.7 Å². The SMILES string of the molecule is CC(C)(C)OC(=O)N1CC2CCC(NC(=O)OCc3ccccc3)[C@@]2(F)C1. The fourth-order valence-corrected chi connectivity index (χ4v) is 3.80. The van der Waals surface area contributed by atoms with E-state index in [4.69, 9.17) is 9.47 Å². The van der Waals surface area contributed by atoms with Crippen molar-refractivity contribution in [1.29, 1.82) is 0 Å². The minimum absolute atomic E-state index is 0.0732. The van der Waals surface area contributed by atoms with E-state index in [1.54, 1.807) is 20.8 Å². The third-order valence-electron chi connectivity index (χ3n) is 5.09. The highest BCUT2D eigenvalue weighted by Gasteiger charge is 2.58. The normalized spacial score (nSPS) is 27.2. The molecule has 27 heavy (non-hydrogen) atoms. The van der Waals surface area contributed by atoms with Crippen LogP contribution in [0.15, 0.2) is 30.3 Å². The predicted octanol–water partition coefficient (Wildman–Crippen LogP) is 3.65. The van der Waals surface area contributed by atoms with E-state index in [0.717, 1.165) is 5.56 Å². The minimum atomic E-state index is -1.65. The molecule has 0 bridgehead atoms. The second-order valence-electron chi connectivity index (χ2n) is 8.32. The predicted molar refractivity (Wildman–Crippen MR) is 97.9 cm³/mol. The Morgan fingerprint density at radius 3 is 2.63 bits per heavy atom. The van der Waals surface area contributed by atoms with Crippen LogP contribution in [0.1, 0.15) is 39.2 Å². The number of amides is 2. The fourth-order valence-electron chi connectivity index (χ4n) is 3.80. The van der Waals surface area contributed by atoms with Crippen LogP contribution in [-0.4, -0.2) is 47.5 Å². The zero-order chi connectivity index (χ0) is 19.7. The van der Waals surface area contributed by atoms with Crippen LogP contribution in [0, 0.1) is 5.92 Å². The van der Waals surface area contributed by atoms with Gasteiger partial charge in [0.25, 0.3) is 0 Å². The molecule has 1 aromatic rings. The molecular weight excluding hydrogens is 351 g/mol. The van der Waals surface area contributed by atoms with Crippen LogP contribution in [0.4, 0.5) is 14.0 Å². The van der Waals surface area contributed by atoms with E-state index in [9.17, 15) is 9.59 Å². The first-order chi connectivity index (χ1) is 12.7. The number of hydrogen-bond donors (Lipinski definition) is 1. The number of carbonyl (C=O) groups excluding carboxylic acids is 2. The summed E-state index contributed by atoms with van der Waals surface area (Å²) in [6.07, 6.45) is -0.0139. The lowest BCUT2D eigenvalue weighted by molar-refractivity contribution is 0.0240. The van der Waals surface area contributed by atoms with E-state index < -0.39 is 29.5 Å². The third-order valence-corrected chi connectivity index (χ3v) is 5.09. The zero-order valence-electron chi connectivity index (χ0n) is 16.0. The molecule has 1 aliphatic carbocycles. The van der Waals surface area contributed by atoms with Crippen molar-refractivity contribution >= 4 is 12.2 Å². The van der Waals surface area contributed by atoms with Crippen LogP contribution in [0.25, 0.3) is 0 Å². The number of alkyl carbamates (subject to hydrolysis) is 1. The lowest BCUT2D eigenvalue weighted by Crippen LogP contribution is -2.51. The Morgan fingerprint density at radius 1 is 1.26 bits per heavy atom. The Morgan fingerprint density at radius 2 is 1.96 bits per heavy atom. The second kappa shape index (κ2) is 7.37. The topological polar surface area (TPSA) is 67.9 Å². The minimum Gasteiger partial charge on any atom is -0.445 e. The number of rotatable bonds is 3. The Balaban J connectivity index is 1.55. The summed E-state index contributed by atoms with van der Waals surface area (Å²) in [5.74, 6) is -0.301. The molecule has 6 nitrogen and oxygen atoms in total. The van der Waals surface area contributed by atoms with Gasteiger partial charge in [0.1, 0.15) is 12.2 Å². The van der Waals surface area contributed by atoms with Crippen molar-refractivity contribution in [3.05, 3.63) is 35.9 Å². The molecule has 1 N–H and O–H groups in total. The Kier molecular flexibility index (Phi) is 5.31. The lowest BCUT2D eigenvalue weighted by atomic mass is 9.94. The average molecular weight is 378 g/mol. The molecule has 2 fully saturated rings. The van der Waals surface area contributed by atoms with Crippen molar-refractivity contribution in [2.75, 3.05) is 13.1 Å². The van der Waals surface area contributed by atoms with Gasteiger partial charge in [-0.2, -0.15) is 0 Å². The first-order valence-corrected chi connectivity index (χ1v) is 9.31. The number of hydrogen-bond acceptors (Lipinski definition) is 4. The lowest BCUT2D eigenvalue weighted by Gasteiger charge is -2.28. The number of fused-ring (bicyclic) bond motifs is 1. The van der Waals surface area contributed by atoms with Gasteiger partial charge in [-0.1, -0.05) is 30.3 Å². The van der Waals surface area contributed by atoms with Crippen LogP contribution in [0.3, 0.4) is 0 Å². The van der Waals surface area contributed by atoms with Crippen LogP contribution in [-0.2, 0) is 16.1 Å². The van der Waals surface area contributed by atoms with E-state index in [1.807, 2.05) is 30.3 Å². The van der Waals surface area contributed by atoms with Crippen molar-refractivity contribution in [1.82, 2.24) is 10.2 Å². The van der Waals surface area contributed by atoms with Gasteiger partial charge >= 0.3 is 12.2 Å². The number of likely N-dealkylation sites (tertiary alicyclic amines) is 1. The molecule has 0 spiro atoms. The molecule has 1 saturated carbocycles. The number of benzene rings is 1. The maximum absolute atomic E-state index is 15.6. The van der Waals surface area contributed by atoms with Gasteiger partial charge in [0.15, 0.2) is 5.67 Å². The smallest absolute Gasteiger partial charge is 0.410 e. The molecule has 1 saturated heterocycles. The van der Waals surface area contributed by atoms with Crippen molar-refractivity contribution < 1.29 is 23.5 Å². The maximum Gasteiger partial charge on any atom is 0.410 e. The summed E-state index contributed by atoms with van der Waals surface area (Å²) in [5.41, 5.74) is -1.41. The molecule has 0 radical (unpaired) electrons. The van der Waals surface area contributed by atoms with Gasteiger partial charge in [0.05, 0.1) is 12.6 Å². The van der Waals surface area contributed by atoms with Crippen LogP contribution in [0.5, 0.6) is 0 Å². The molecule has 3 atom stereocenters. The highest BCUT2D eigenvalue weighted by molar-refractivity contribution is 5.70. The summed E-state index contributed by atoms with van der Waals surface area (Å²) in [7, 11) is 0. The molecule has 1 heterocycles. The van der Waals surface area contributed by atoms with Crippen molar-refractivity contribution in [3.8, 4) is 0 Å². The zero-order valence-corrected chi connectivity index (χ0v) is 16.0. The van der Waals surface area contributed by atoms with Gasteiger partial charge in [-0.05, 0) is 39.2 Å². The highest BCUT2D eigenvalue weighted by atomic mass is 19.1. The van der Waals surface area contributed by atoms with E-state index in [-0.39, 0.29) is 19.1 Å². The second-order valence-corrected chi connectivity index (χ2v) is 8.32. The number of alkyl halides is 1. The van der Waals surface area contributed by atoms with Gasteiger partial charge in [-0.15, -0.1) is 0 Å². The van der Waals surface area contributed by atoms with Crippen molar-refractivity contribution in [3.63, 3.8) is 0 Å². The van der Waals surface area contributed by atoms with Gasteiger partial charge in [0.2, 0.25) is 0 Å². The fraction of sp³-hybridized carbons (Fsp3) is 0.600. The molecule has 1 aromatic carbocycles. The van der Waals surface area contributed by atoms with Crippen molar-refractivity contribution in [2.45, 2.75) is 57.5 Å². The molecule has 2 aliphatic rings. The third kappa shape index (κ3) is 4.51. The summed E-state index contributed by atoms with van der Waals surface area (Å²) in [5, 5.41) is 2.65. The standard InChI is InChI=1S/C20H27FN2O4/c1-19(2,3)27-18(25)23-11-15-9-10-16(20(15,21)13-23)22-17(24)26-12-14-7-5-4-6-8-14/h4-8,15-16H,9-13H2,1-3H3,(H,22,24)/t15?,16?,20-/m1/s1. The summed E-state index contributed by atoms with van der Waals surface area (Å²) >= 11 is 0. The maximum atomic E-state index is 15.6. The first kappa shape index (κ1) is 19.5. The average Bonchev–Trinajstić information content (AvgIpc) is 3.07.